The summed E-state index contributed by atoms with van der Waals surface area (Å²) < 4.78 is 6.94. The molecule has 0 aromatic carbocycles. The molecule has 2 aromatic heterocycles. The molecule has 2 heterocycles. The molecule has 7 nitrogen and oxygen atoms in total. The monoisotopic (exact) mass is 376 g/mol. The van der Waals surface area contributed by atoms with E-state index in [9.17, 15) is 0 Å². The maximum atomic E-state index is 5.23. The molecular formula is C11H17IN6O. The molecule has 0 fully saturated rings. The first-order valence-electron chi connectivity index (χ1n) is 5.59. The van der Waals surface area contributed by atoms with E-state index in [-0.39, 0.29) is 24.0 Å². The number of guanidine groups is 1. The smallest absolute Gasteiger partial charge is 0.191 e. The van der Waals surface area contributed by atoms with Crippen LogP contribution in [0.5, 0.6) is 0 Å². The van der Waals surface area contributed by atoms with Crippen molar-refractivity contribution in [3.63, 3.8) is 0 Å². The van der Waals surface area contributed by atoms with Crippen molar-refractivity contribution in [1.82, 2.24) is 25.4 Å². The highest BCUT2D eigenvalue weighted by Crippen LogP contribution is 1.98. The number of hydrogen-bond acceptors (Lipinski definition) is 4. The third kappa shape index (κ3) is 4.54. The molecule has 0 unspecified atom stereocenters. The van der Waals surface area contributed by atoms with Gasteiger partial charge in [0.1, 0.15) is 17.9 Å². The summed E-state index contributed by atoms with van der Waals surface area (Å²) in [7, 11) is 3.57. The van der Waals surface area contributed by atoms with Crippen LogP contribution in [0.25, 0.3) is 0 Å². The van der Waals surface area contributed by atoms with Gasteiger partial charge in [-0.3, -0.25) is 9.67 Å². The lowest BCUT2D eigenvalue weighted by molar-refractivity contribution is 0.501. The van der Waals surface area contributed by atoms with Crippen LogP contribution >= 0.6 is 24.0 Å². The minimum absolute atomic E-state index is 0. The molecule has 2 rings (SSSR count). The molecule has 0 aliphatic carbocycles. The maximum absolute atomic E-state index is 5.23. The van der Waals surface area contributed by atoms with Crippen molar-refractivity contribution in [3.8, 4) is 0 Å². The predicted octanol–water partition coefficient (Wildman–Crippen LogP) is 0.891. The van der Waals surface area contributed by atoms with Crippen LogP contribution in [0, 0.1) is 0 Å². The number of aryl methyl sites for hydroxylation is 1. The Morgan fingerprint density at radius 3 is 2.79 bits per heavy atom. The van der Waals surface area contributed by atoms with Crippen LogP contribution in [-0.4, -0.2) is 27.8 Å². The van der Waals surface area contributed by atoms with Crippen molar-refractivity contribution in [1.29, 1.82) is 0 Å². The topological polar surface area (TPSA) is 80.3 Å². The van der Waals surface area contributed by atoms with E-state index in [0.29, 0.717) is 19.0 Å². The summed E-state index contributed by atoms with van der Waals surface area (Å²) in [6.45, 7) is 1.15. The van der Waals surface area contributed by atoms with Crippen molar-refractivity contribution >= 4 is 29.9 Å². The van der Waals surface area contributed by atoms with Gasteiger partial charge in [0.05, 0.1) is 19.4 Å². The van der Waals surface area contributed by atoms with Crippen LogP contribution in [0.15, 0.2) is 34.1 Å². The second kappa shape index (κ2) is 7.77. The van der Waals surface area contributed by atoms with Gasteiger partial charge in [0.2, 0.25) is 0 Å². The van der Waals surface area contributed by atoms with E-state index in [1.54, 1.807) is 18.0 Å². The molecular weight excluding hydrogens is 359 g/mol. The molecule has 104 valence electrons. The molecule has 0 aliphatic heterocycles. The van der Waals surface area contributed by atoms with Crippen molar-refractivity contribution in [2.24, 2.45) is 12.0 Å². The normalized spacial score (nSPS) is 10.9. The van der Waals surface area contributed by atoms with Gasteiger partial charge in [-0.2, -0.15) is 5.10 Å². The Bertz CT molecular complexity index is 507. The zero-order valence-corrected chi connectivity index (χ0v) is 13.2. The SMILES string of the molecule is CN=C(NCc1ccco1)NCc1ncnn1C.I. The van der Waals surface area contributed by atoms with Crippen LogP contribution in [-0.2, 0) is 20.1 Å². The van der Waals surface area contributed by atoms with Gasteiger partial charge in [0.25, 0.3) is 0 Å². The standard InChI is InChI=1S/C11H16N6O.HI/c1-12-11(13-6-9-4-3-5-18-9)14-7-10-15-8-16-17(10)2;/h3-5,8H,6-7H2,1-2H3,(H2,12,13,14);1H. The predicted molar refractivity (Wildman–Crippen MR) is 82.2 cm³/mol. The van der Waals surface area contributed by atoms with E-state index < -0.39 is 0 Å². The van der Waals surface area contributed by atoms with E-state index >= 15 is 0 Å². The highest BCUT2D eigenvalue weighted by Gasteiger charge is 2.03. The Hall–Kier alpha value is -1.58. The minimum atomic E-state index is 0. The van der Waals surface area contributed by atoms with Crippen LogP contribution < -0.4 is 10.6 Å². The fourth-order valence-electron chi connectivity index (χ4n) is 1.45. The minimum Gasteiger partial charge on any atom is -0.467 e. The number of aromatic nitrogens is 3. The number of nitrogens with zero attached hydrogens (tertiary/aromatic N) is 4. The Labute approximate surface area is 128 Å². The van der Waals surface area contributed by atoms with Crippen molar-refractivity contribution in [2.45, 2.75) is 13.1 Å². The van der Waals surface area contributed by atoms with Gasteiger partial charge >= 0.3 is 0 Å². The van der Waals surface area contributed by atoms with E-state index in [0.717, 1.165) is 11.6 Å². The molecule has 8 heteroatoms. The molecule has 2 aromatic rings. The molecule has 0 radical (unpaired) electrons. The number of hydrogen-bond donors (Lipinski definition) is 2. The van der Waals surface area contributed by atoms with Crippen LogP contribution in [0.4, 0.5) is 0 Å². The summed E-state index contributed by atoms with van der Waals surface area (Å²) in [5.41, 5.74) is 0. The van der Waals surface area contributed by atoms with Crippen molar-refractivity contribution < 1.29 is 4.42 Å². The fourth-order valence-corrected chi connectivity index (χ4v) is 1.45. The van der Waals surface area contributed by atoms with E-state index in [1.807, 2.05) is 19.2 Å². The number of rotatable bonds is 4. The van der Waals surface area contributed by atoms with E-state index in [1.165, 1.54) is 6.33 Å². The largest absolute Gasteiger partial charge is 0.467 e. The molecule has 0 aliphatic rings. The summed E-state index contributed by atoms with van der Waals surface area (Å²) in [6, 6.07) is 3.76. The highest BCUT2D eigenvalue weighted by molar-refractivity contribution is 14.0. The first-order chi connectivity index (χ1) is 8.79. The zero-order chi connectivity index (χ0) is 12.8. The summed E-state index contributed by atoms with van der Waals surface area (Å²) in [6.07, 6.45) is 3.17. The van der Waals surface area contributed by atoms with Crippen molar-refractivity contribution in [3.05, 3.63) is 36.3 Å². The Morgan fingerprint density at radius 2 is 2.21 bits per heavy atom. The van der Waals surface area contributed by atoms with Gasteiger partial charge in [0, 0.05) is 14.1 Å². The Balaban J connectivity index is 0.00000180. The summed E-state index contributed by atoms with van der Waals surface area (Å²) in [4.78, 5) is 8.23. The summed E-state index contributed by atoms with van der Waals surface area (Å²) in [5, 5.41) is 10.3. The molecule has 0 atom stereocenters. The lowest BCUT2D eigenvalue weighted by atomic mass is 10.4. The first-order valence-corrected chi connectivity index (χ1v) is 5.59. The quantitative estimate of drug-likeness (QED) is 0.471. The van der Waals surface area contributed by atoms with Gasteiger partial charge in [-0.05, 0) is 12.1 Å². The van der Waals surface area contributed by atoms with Gasteiger partial charge in [-0.15, -0.1) is 24.0 Å². The van der Waals surface area contributed by atoms with E-state index in [4.69, 9.17) is 4.42 Å². The molecule has 19 heavy (non-hydrogen) atoms. The Kier molecular flexibility index (Phi) is 6.33. The number of furan rings is 1. The maximum Gasteiger partial charge on any atom is 0.191 e. The second-order valence-corrected chi connectivity index (χ2v) is 3.66. The van der Waals surface area contributed by atoms with Crippen LogP contribution in [0.2, 0.25) is 0 Å². The lowest BCUT2D eigenvalue weighted by Gasteiger charge is -2.10. The molecule has 0 saturated heterocycles. The fraction of sp³-hybridized carbons (Fsp3) is 0.364. The van der Waals surface area contributed by atoms with Gasteiger partial charge in [0.15, 0.2) is 5.96 Å². The molecule has 0 amide bonds. The second-order valence-electron chi connectivity index (χ2n) is 3.66. The molecule has 0 saturated carbocycles. The average Bonchev–Trinajstić information content (AvgIpc) is 3.01. The molecule has 0 bridgehead atoms. The van der Waals surface area contributed by atoms with E-state index in [2.05, 4.69) is 25.7 Å². The van der Waals surface area contributed by atoms with Gasteiger partial charge in [-0.25, -0.2) is 4.98 Å². The molecule has 0 spiro atoms. The highest BCUT2D eigenvalue weighted by atomic mass is 127. The summed E-state index contributed by atoms with van der Waals surface area (Å²) in [5.74, 6) is 2.39. The lowest BCUT2D eigenvalue weighted by Crippen LogP contribution is -2.36. The molecule has 2 N–H and O–H groups in total. The van der Waals surface area contributed by atoms with Gasteiger partial charge < -0.3 is 15.1 Å². The van der Waals surface area contributed by atoms with Crippen LogP contribution in [0.1, 0.15) is 11.6 Å². The summed E-state index contributed by atoms with van der Waals surface area (Å²) >= 11 is 0. The van der Waals surface area contributed by atoms with Crippen LogP contribution in [0.3, 0.4) is 0 Å². The number of aliphatic imine (C=N–C) groups is 1. The first kappa shape index (κ1) is 15.5. The van der Waals surface area contributed by atoms with Crippen molar-refractivity contribution in [2.75, 3.05) is 7.05 Å². The number of halogens is 1. The van der Waals surface area contributed by atoms with Gasteiger partial charge in [-0.1, -0.05) is 0 Å². The number of nitrogens with one attached hydrogen (secondary N) is 2. The zero-order valence-electron chi connectivity index (χ0n) is 10.8. The third-order valence-electron chi connectivity index (χ3n) is 2.45. The third-order valence-corrected chi connectivity index (χ3v) is 2.45. The average molecular weight is 376 g/mol. The Morgan fingerprint density at radius 1 is 1.42 bits per heavy atom.